The Hall–Kier alpha value is -3.51. The number of aromatic nitrogens is 2. The third-order valence-corrected chi connectivity index (χ3v) is 5.25. The van der Waals surface area contributed by atoms with Gasteiger partial charge in [0.2, 0.25) is 5.88 Å². The Balaban J connectivity index is 1.71. The van der Waals surface area contributed by atoms with Crippen molar-refractivity contribution >= 4 is 11.6 Å². The van der Waals surface area contributed by atoms with E-state index in [-0.39, 0.29) is 17.2 Å². The highest BCUT2D eigenvalue weighted by atomic mass is 35.5. The number of aromatic hydroxyl groups is 1. The van der Waals surface area contributed by atoms with E-state index in [1.165, 1.54) is 0 Å². The van der Waals surface area contributed by atoms with Crippen LogP contribution in [0.4, 0.5) is 0 Å². The Bertz CT molecular complexity index is 1250. The zero-order chi connectivity index (χ0) is 20.0. The Morgan fingerprint density at radius 3 is 2.72 bits per heavy atom. The van der Waals surface area contributed by atoms with Gasteiger partial charge >= 0.3 is 0 Å². The van der Waals surface area contributed by atoms with Gasteiger partial charge in [0.15, 0.2) is 0 Å². The first-order chi connectivity index (χ1) is 14.1. The topological polar surface area (TPSA) is 84.3 Å². The molecule has 5 rings (SSSR count). The van der Waals surface area contributed by atoms with E-state index in [1.807, 2.05) is 42.5 Å². The molecule has 2 aromatic heterocycles. The van der Waals surface area contributed by atoms with Gasteiger partial charge in [0, 0.05) is 22.6 Å². The van der Waals surface area contributed by atoms with Gasteiger partial charge < -0.3 is 18.8 Å². The van der Waals surface area contributed by atoms with Crippen LogP contribution in [0.1, 0.15) is 28.4 Å². The summed E-state index contributed by atoms with van der Waals surface area (Å²) in [6.45, 7) is 0.391. The second-order valence-corrected chi connectivity index (χ2v) is 7.26. The number of fused-ring (bicyclic) bond motifs is 2. The largest absolute Gasteiger partial charge is 0.508 e. The Morgan fingerprint density at radius 1 is 1.14 bits per heavy atom. The average Bonchev–Trinajstić information content (AvgIpc) is 3.22. The number of ether oxygens (including phenoxy) is 1. The van der Waals surface area contributed by atoms with Crippen LogP contribution < -0.4 is 10.2 Å². The maximum absolute atomic E-state index is 9.90. The summed E-state index contributed by atoms with van der Waals surface area (Å²) in [4.78, 5) is 4.45. The minimum Gasteiger partial charge on any atom is -0.508 e. The van der Waals surface area contributed by atoms with Gasteiger partial charge in [-0.05, 0) is 35.9 Å². The summed E-state index contributed by atoms with van der Waals surface area (Å²) in [7, 11) is 0. The SMILES string of the molecule is N=c1c2c(ncn1Cc1ccco1)Oc1cc(O)ccc1[C@@H]2c1ccc(Cl)cc1. The predicted molar refractivity (Wildman–Crippen MR) is 106 cm³/mol. The van der Waals surface area contributed by atoms with Gasteiger partial charge in [0.1, 0.15) is 29.1 Å². The minimum atomic E-state index is -0.282. The van der Waals surface area contributed by atoms with Gasteiger partial charge in [-0.2, -0.15) is 0 Å². The van der Waals surface area contributed by atoms with Crippen LogP contribution in [0, 0.1) is 5.41 Å². The first kappa shape index (κ1) is 17.6. The van der Waals surface area contributed by atoms with E-state index in [1.54, 1.807) is 29.3 Å². The standard InChI is InChI=1S/C22H16ClN3O3/c23-14-5-3-13(4-6-14)19-17-8-7-15(27)10-18(17)29-22-20(19)21(24)26(12-25-22)11-16-2-1-9-28-16/h1-10,12,19,24,27H,11H2/t19-/m0/s1. The molecule has 1 atom stereocenters. The number of benzene rings is 2. The van der Waals surface area contributed by atoms with Gasteiger partial charge in [-0.1, -0.05) is 29.8 Å². The first-order valence-corrected chi connectivity index (χ1v) is 9.40. The molecular weight excluding hydrogens is 390 g/mol. The predicted octanol–water partition coefficient (Wildman–Crippen LogP) is 4.65. The highest BCUT2D eigenvalue weighted by molar-refractivity contribution is 6.30. The lowest BCUT2D eigenvalue weighted by atomic mass is 9.84. The van der Waals surface area contributed by atoms with E-state index in [9.17, 15) is 5.11 Å². The van der Waals surface area contributed by atoms with Gasteiger partial charge in [0.05, 0.1) is 18.4 Å². The van der Waals surface area contributed by atoms with Crippen molar-refractivity contribution in [2.24, 2.45) is 0 Å². The van der Waals surface area contributed by atoms with E-state index >= 15 is 0 Å². The highest BCUT2D eigenvalue weighted by Gasteiger charge is 2.32. The van der Waals surface area contributed by atoms with E-state index in [0.29, 0.717) is 28.8 Å². The minimum absolute atomic E-state index is 0.108. The molecule has 0 fully saturated rings. The molecule has 0 radical (unpaired) electrons. The highest BCUT2D eigenvalue weighted by Crippen LogP contribution is 2.46. The zero-order valence-electron chi connectivity index (χ0n) is 15.2. The van der Waals surface area contributed by atoms with Crippen molar-refractivity contribution in [1.29, 1.82) is 5.41 Å². The molecule has 144 valence electrons. The van der Waals surface area contributed by atoms with Crippen molar-refractivity contribution < 1.29 is 14.3 Å². The lowest BCUT2D eigenvalue weighted by molar-refractivity contribution is 0.411. The van der Waals surface area contributed by atoms with Gasteiger partial charge in [-0.15, -0.1) is 0 Å². The maximum atomic E-state index is 9.90. The number of hydrogen-bond donors (Lipinski definition) is 2. The van der Waals surface area contributed by atoms with Crippen LogP contribution in [-0.4, -0.2) is 14.7 Å². The fraction of sp³-hybridized carbons (Fsp3) is 0.0909. The first-order valence-electron chi connectivity index (χ1n) is 9.02. The molecule has 1 aliphatic heterocycles. The average molecular weight is 406 g/mol. The summed E-state index contributed by atoms with van der Waals surface area (Å²) in [5.74, 6) is 1.43. The van der Waals surface area contributed by atoms with Gasteiger partial charge in [-0.3, -0.25) is 5.41 Å². The molecular formula is C22H16ClN3O3. The van der Waals surface area contributed by atoms with Gasteiger partial charge in [0.25, 0.3) is 0 Å². The van der Waals surface area contributed by atoms with Crippen molar-refractivity contribution in [3.8, 4) is 17.4 Å². The van der Waals surface area contributed by atoms with Crippen molar-refractivity contribution in [2.75, 3.05) is 0 Å². The molecule has 0 bridgehead atoms. The molecule has 2 N–H and O–H groups in total. The molecule has 0 aliphatic carbocycles. The molecule has 29 heavy (non-hydrogen) atoms. The molecule has 0 saturated heterocycles. The molecule has 7 heteroatoms. The van der Waals surface area contributed by atoms with E-state index in [2.05, 4.69) is 4.98 Å². The maximum Gasteiger partial charge on any atom is 0.228 e. The van der Waals surface area contributed by atoms with E-state index < -0.39 is 0 Å². The molecule has 0 amide bonds. The third kappa shape index (κ3) is 3.07. The fourth-order valence-electron chi connectivity index (χ4n) is 3.65. The van der Waals surface area contributed by atoms with Crippen LogP contribution in [0.2, 0.25) is 5.02 Å². The van der Waals surface area contributed by atoms with E-state index in [0.717, 1.165) is 16.9 Å². The summed E-state index contributed by atoms with van der Waals surface area (Å²) < 4.78 is 13.1. The molecule has 3 heterocycles. The van der Waals surface area contributed by atoms with Crippen LogP contribution in [0.5, 0.6) is 17.4 Å². The van der Waals surface area contributed by atoms with E-state index in [4.69, 9.17) is 26.2 Å². The van der Waals surface area contributed by atoms with Crippen LogP contribution in [-0.2, 0) is 6.54 Å². The van der Waals surface area contributed by atoms with Crippen LogP contribution in [0.3, 0.4) is 0 Å². The van der Waals surface area contributed by atoms with Crippen LogP contribution in [0.25, 0.3) is 0 Å². The number of rotatable bonds is 3. The monoisotopic (exact) mass is 405 g/mol. The summed E-state index contributed by atoms with van der Waals surface area (Å²) >= 11 is 6.09. The second-order valence-electron chi connectivity index (χ2n) is 6.83. The van der Waals surface area contributed by atoms with Crippen molar-refractivity contribution in [1.82, 2.24) is 9.55 Å². The number of halogens is 1. The summed E-state index contributed by atoms with van der Waals surface area (Å²) in [5.41, 5.74) is 2.74. The molecule has 0 unspecified atom stereocenters. The number of hydrogen-bond acceptors (Lipinski definition) is 5. The Kier molecular flexibility index (Phi) is 4.14. The molecule has 4 aromatic rings. The second kappa shape index (κ2) is 6.83. The summed E-state index contributed by atoms with van der Waals surface area (Å²) in [6.07, 6.45) is 3.17. The van der Waals surface area contributed by atoms with Crippen molar-refractivity contribution in [3.05, 3.63) is 100 Å². The van der Waals surface area contributed by atoms with Crippen LogP contribution in [0.15, 0.2) is 71.6 Å². The number of nitrogens with zero attached hydrogens (tertiary/aromatic N) is 2. The Labute approximate surface area is 171 Å². The number of phenolic OH excluding ortho intramolecular Hbond substituents is 1. The van der Waals surface area contributed by atoms with Crippen molar-refractivity contribution in [3.63, 3.8) is 0 Å². The molecule has 1 aliphatic rings. The number of nitrogens with one attached hydrogen (secondary N) is 1. The third-order valence-electron chi connectivity index (χ3n) is 5.00. The smallest absolute Gasteiger partial charge is 0.228 e. The molecule has 0 saturated carbocycles. The van der Waals surface area contributed by atoms with Gasteiger partial charge in [-0.25, -0.2) is 4.98 Å². The molecule has 0 spiro atoms. The Morgan fingerprint density at radius 2 is 1.97 bits per heavy atom. The summed E-state index contributed by atoms with van der Waals surface area (Å²) in [5, 5.41) is 19.4. The van der Waals surface area contributed by atoms with Crippen molar-refractivity contribution in [2.45, 2.75) is 12.5 Å². The summed E-state index contributed by atoms with van der Waals surface area (Å²) in [6, 6.07) is 16.2. The normalized spacial score (nSPS) is 14.7. The quantitative estimate of drug-likeness (QED) is 0.457. The number of furan rings is 1. The zero-order valence-corrected chi connectivity index (χ0v) is 15.9. The lowest BCUT2D eigenvalue weighted by Crippen LogP contribution is -2.30. The van der Waals surface area contributed by atoms with Crippen LogP contribution >= 0.6 is 11.6 Å². The molecule has 6 nitrogen and oxygen atoms in total. The number of phenols is 1. The lowest BCUT2D eigenvalue weighted by Gasteiger charge is -2.28. The molecule has 2 aromatic carbocycles. The fourth-order valence-corrected chi connectivity index (χ4v) is 3.77.